The number of ether oxygens (including phenoxy) is 1. The molecule has 0 heterocycles. The summed E-state index contributed by atoms with van der Waals surface area (Å²) in [5.74, 6) is -0.221. The molecule has 1 N–H and O–H groups in total. The molecule has 0 aliphatic heterocycles. The Labute approximate surface area is 114 Å². The van der Waals surface area contributed by atoms with Crippen molar-refractivity contribution >= 4 is 5.97 Å². The van der Waals surface area contributed by atoms with Crippen molar-refractivity contribution in [1.29, 1.82) is 0 Å². The first-order chi connectivity index (χ1) is 8.70. The fourth-order valence-electron chi connectivity index (χ4n) is 2.64. The van der Waals surface area contributed by atoms with Gasteiger partial charge in [-0.05, 0) is 23.5 Å². The molecule has 1 fully saturated rings. The topological polar surface area (TPSA) is 46.5 Å². The van der Waals surface area contributed by atoms with Crippen molar-refractivity contribution in [2.24, 2.45) is 5.92 Å². The minimum absolute atomic E-state index is 0.0466. The van der Waals surface area contributed by atoms with E-state index in [9.17, 15) is 9.90 Å². The highest BCUT2D eigenvalue weighted by molar-refractivity contribution is 5.77. The average Bonchev–Trinajstić information content (AvgIpc) is 3.01. The molecule has 104 valence electrons. The first-order valence-electron chi connectivity index (χ1n) is 6.62. The molecule has 1 aliphatic rings. The van der Waals surface area contributed by atoms with Gasteiger partial charge in [0, 0.05) is 11.0 Å². The summed E-state index contributed by atoms with van der Waals surface area (Å²) >= 11 is 0. The molecule has 2 rings (SSSR count). The van der Waals surface area contributed by atoms with Gasteiger partial charge in [-0.3, -0.25) is 4.79 Å². The number of rotatable bonds is 3. The van der Waals surface area contributed by atoms with E-state index in [0.29, 0.717) is 6.42 Å². The lowest BCUT2D eigenvalue weighted by Gasteiger charge is -2.23. The Bertz CT molecular complexity index is 513. The van der Waals surface area contributed by atoms with Crippen molar-refractivity contribution in [1.82, 2.24) is 0 Å². The van der Waals surface area contributed by atoms with Crippen molar-refractivity contribution in [3.8, 4) is 5.75 Å². The lowest BCUT2D eigenvalue weighted by atomic mass is 9.83. The molecule has 1 aromatic carbocycles. The van der Waals surface area contributed by atoms with E-state index >= 15 is 0 Å². The van der Waals surface area contributed by atoms with Crippen LogP contribution in [-0.2, 0) is 15.6 Å². The van der Waals surface area contributed by atoms with Gasteiger partial charge in [-0.15, -0.1) is 0 Å². The molecule has 3 heteroatoms. The number of hydrogen-bond donors (Lipinski definition) is 1. The zero-order valence-corrected chi connectivity index (χ0v) is 12.3. The molecule has 19 heavy (non-hydrogen) atoms. The summed E-state index contributed by atoms with van der Waals surface area (Å²) in [7, 11) is 1.64. The van der Waals surface area contributed by atoms with Crippen LogP contribution in [0.5, 0.6) is 5.75 Å². The molecule has 2 atom stereocenters. The van der Waals surface area contributed by atoms with E-state index in [1.54, 1.807) is 7.11 Å². The SMILES string of the molecule is COc1ccc(C(C)(C)C)cc1C1(C)CC1C(=O)O. The van der Waals surface area contributed by atoms with Crippen LogP contribution in [0.2, 0.25) is 0 Å². The Morgan fingerprint density at radius 2 is 2.05 bits per heavy atom. The third kappa shape index (κ3) is 2.34. The molecular formula is C16H22O3. The number of hydrogen-bond acceptors (Lipinski definition) is 2. The van der Waals surface area contributed by atoms with Crippen LogP contribution in [0.1, 0.15) is 45.2 Å². The highest BCUT2D eigenvalue weighted by Crippen LogP contribution is 2.56. The predicted octanol–water partition coefficient (Wildman–Crippen LogP) is 3.35. The van der Waals surface area contributed by atoms with Crippen LogP contribution >= 0.6 is 0 Å². The number of carboxylic acid groups (broad SMARTS) is 1. The molecule has 2 unspecified atom stereocenters. The van der Waals surface area contributed by atoms with Crippen molar-refractivity contribution in [2.75, 3.05) is 7.11 Å². The van der Waals surface area contributed by atoms with Crippen molar-refractivity contribution < 1.29 is 14.6 Å². The fourth-order valence-corrected chi connectivity index (χ4v) is 2.64. The molecule has 1 aliphatic carbocycles. The van der Waals surface area contributed by atoms with E-state index in [-0.39, 0.29) is 16.7 Å². The molecule has 0 bridgehead atoms. The molecule has 0 spiro atoms. The monoisotopic (exact) mass is 262 g/mol. The zero-order valence-electron chi connectivity index (χ0n) is 12.3. The lowest BCUT2D eigenvalue weighted by molar-refractivity contribution is -0.138. The van der Waals surface area contributed by atoms with E-state index in [4.69, 9.17) is 4.74 Å². The van der Waals surface area contributed by atoms with Gasteiger partial charge >= 0.3 is 5.97 Å². The molecule has 1 aromatic rings. The van der Waals surface area contributed by atoms with Crippen LogP contribution in [0.4, 0.5) is 0 Å². The van der Waals surface area contributed by atoms with Gasteiger partial charge < -0.3 is 9.84 Å². The summed E-state index contributed by atoms with van der Waals surface area (Å²) in [6.07, 6.45) is 0.687. The largest absolute Gasteiger partial charge is 0.496 e. The van der Waals surface area contributed by atoms with Crippen LogP contribution in [0.3, 0.4) is 0 Å². The third-order valence-electron chi connectivity index (χ3n) is 4.22. The van der Waals surface area contributed by atoms with Crippen LogP contribution in [0.25, 0.3) is 0 Å². The van der Waals surface area contributed by atoms with E-state index in [1.807, 2.05) is 13.0 Å². The number of aliphatic carboxylic acids is 1. The number of benzene rings is 1. The standard InChI is InChI=1S/C16H22O3/c1-15(2,3)10-6-7-13(19-5)11(8-10)16(4)9-12(16)14(17)18/h6-8,12H,9H2,1-5H3,(H,17,18). The first-order valence-corrected chi connectivity index (χ1v) is 6.62. The molecule has 0 radical (unpaired) electrons. The van der Waals surface area contributed by atoms with Gasteiger partial charge in [0.25, 0.3) is 0 Å². The number of carboxylic acids is 1. The van der Waals surface area contributed by atoms with Gasteiger partial charge in [0.05, 0.1) is 13.0 Å². The van der Waals surface area contributed by atoms with Gasteiger partial charge in [0.2, 0.25) is 0 Å². The van der Waals surface area contributed by atoms with E-state index < -0.39 is 5.97 Å². The molecule has 0 aromatic heterocycles. The Morgan fingerprint density at radius 3 is 2.47 bits per heavy atom. The fraction of sp³-hybridized carbons (Fsp3) is 0.562. The summed E-state index contributed by atoms with van der Waals surface area (Å²) in [6.45, 7) is 8.48. The normalized spacial score (nSPS) is 26.1. The Kier molecular flexibility index (Phi) is 3.12. The second-order valence-electron chi connectivity index (χ2n) is 6.68. The Balaban J connectivity index is 2.47. The van der Waals surface area contributed by atoms with Crippen LogP contribution in [-0.4, -0.2) is 18.2 Å². The predicted molar refractivity (Wildman–Crippen MR) is 74.8 cm³/mol. The number of methoxy groups -OCH3 is 1. The molecule has 1 saturated carbocycles. The van der Waals surface area contributed by atoms with E-state index in [1.165, 1.54) is 5.56 Å². The maximum Gasteiger partial charge on any atom is 0.307 e. The quantitative estimate of drug-likeness (QED) is 0.908. The average molecular weight is 262 g/mol. The minimum atomic E-state index is -0.717. The zero-order chi connectivity index (χ0) is 14.4. The van der Waals surface area contributed by atoms with Gasteiger partial charge in [-0.1, -0.05) is 39.8 Å². The second kappa shape index (κ2) is 4.26. The highest BCUT2D eigenvalue weighted by Gasteiger charge is 2.57. The van der Waals surface area contributed by atoms with Gasteiger partial charge in [0.1, 0.15) is 5.75 Å². The van der Waals surface area contributed by atoms with Gasteiger partial charge in [-0.25, -0.2) is 0 Å². The maximum absolute atomic E-state index is 11.2. The summed E-state index contributed by atoms with van der Waals surface area (Å²) in [5.41, 5.74) is 1.99. The molecule has 3 nitrogen and oxygen atoms in total. The summed E-state index contributed by atoms with van der Waals surface area (Å²) < 4.78 is 5.41. The minimum Gasteiger partial charge on any atom is -0.496 e. The second-order valence-corrected chi connectivity index (χ2v) is 6.68. The van der Waals surface area contributed by atoms with Crippen LogP contribution in [0, 0.1) is 5.92 Å². The third-order valence-corrected chi connectivity index (χ3v) is 4.22. The summed E-state index contributed by atoms with van der Waals surface area (Å²) in [6, 6.07) is 6.13. The molecule has 0 saturated heterocycles. The lowest BCUT2D eigenvalue weighted by Crippen LogP contribution is -2.16. The van der Waals surface area contributed by atoms with Crippen LogP contribution < -0.4 is 4.74 Å². The van der Waals surface area contributed by atoms with Crippen molar-refractivity contribution in [3.63, 3.8) is 0 Å². The van der Waals surface area contributed by atoms with E-state index in [2.05, 4.69) is 32.9 Å². The van der Waals surface area contributed by atoms with E-state index in [0.717, 1.165) is 11.3 Å². The van der Waals surface area contributed by atoms with Crippen molar-refractivity contribution in [2.45, 2.75) is 44.9 Å². The summed E-state index contributed by atoms with van der Waals surface area (Å²) in [4.78, 5) is 11.2. The smallest absolute Gasteiger partial charge is 0.307 e. The Hall–Kier alpha value is -1.51. The molecular weight excluding hydrogens is 240 g/mol. The maximum atomic E-state index is 11.2. The highest BCUT2D eigenvalue weighted by atomic mass is 16.5. The van der Waals surface area contributed by atoms with Crippen LogP contribution in [0.15, 0.2) is 18.2 Å². The van der Waals surface area contributed by atoms with Crippen molar-refractivity contribution in [3.05, 3.63) is 29.3 Å². The Morgan fingerprint density at radius 1 is 1.42 bits per heavy atom. The number of carbonyl (C=O) groups is 1. The summed E-state index contributed by atoms with van der Waals surface area (Å²) in [5, 5.41) is 9.20. The van der Waals surface area contributed by atoms with Gasteiger partial charge in [0.15, 0.2) is 0 Å². The van der Waals surface area contributed by atoms with Gasteiger partial charge in [-0.2, -0.15) is 0 Å². The molecule has 0 amide bonds. The first kappa shape index (κ1) is 13.9.